The van der Waals surface area contributed by atoms with Gasteiger partial charge in [0.05, 0.1) is 11.6 Å². The molecule has 1 saturated heterocycles. The van der Waals surface area contributed by atoms with Crippen molar-refractivity contribution in [2.75, 3.05) is 30.8 Å². The van der Waals surface area contributed by atoms with Crippen molar-refractivity contribution in [1.29, 1.82) is 0 Å². The van der Waals surface area contributed by atoms with Crippen LogP contribution in [0.5, 0.6) is 0 Å². The number of nitrogens with zero attached hydrogens (tertiary/aromatic N) is 3. The molecule has 2 aromatic heterocycles. The summed E-state index contributed by atoms with van der Waals surface area (Å²) in [5, 5.41) is 1.68. The first-order valence-electron chi connectivity index (χ1n) is 8.96. The van der Waals surface area contributed by atoms with Crippen molar-refractivity contribution in [2.24, 2.45) is 0 Å². The van der Waals surface area contributed by atoms with Crippen LogP contribution in [0.15, 0.2) is 36.7 Å². The Balaban J connectivity index is 1.72. The molecular formula is C20H21ClN4OS. The summed E-state index contributed by atoms with van der Waals surface area (Å²) in [6.45, 7) is 4.08. The van der Waals surface area contributed by atoms with Gasteiger partial charge in [-0.05, 0) is 35.9 Å². The highest BCUT2D eigenvalue weighted by atomic mass is 35.5. The first-order chi connectivity index (χ1) is 13.1. The lowest BCUT2D eigenvalue weighted by molar-refractivity contribution is -0.119. The summed E-state index contributed by atoms with van der Waals surface area (Å²) >= 11 is 8.37. The lowest BCUT2D eigenvalue weighted by Gasteiger charge is -2.33. The number of amides is 1. The fraction of sp³-hybridized carbons (Fsp3) is 0.300. The predicted molar refractivity (Wildman–Crippen MR) is 113 cm³/mol. The topological polar surface area (TPSA) is 52.2 Å². The number of aryl methyl sites for hydroxylation is 1. The molecule has 7 heteroatoms. The van der Waals surface area contributed by atoms with Crippen LogP contribution in [0.4, 0.5) is 5.69 Å². The molecule has 1 aliphatic heterocycles. The van der Waals surface area contributed by atoms with Crippen molar-refractivity contribution in [1.82, 2.24) is 14.3 Å². The number of hydrogen-bond donors (Lipinski definition) is 1. The smallest absolute Gasteiger partial charge is 0.242 e. The third kappa shape index (κ3) is 3.33. The number of pyridine rings is 1. The molecule has 0 atom stereocenters. The van der Waals surface area contributed by atoms with E-state index in [4.69, 9.17) is 11.6 Å². The van der Waals surface area contributed by atoms with Gasteiger partial charge in [0.15, 0.2) is 0 Å². The van der Waals surface area contributed by atoms with Crippen molar-refractivity contribution in [2.45, 2.75) is 13.3 Å². The molecule has 0 aliphatic carbocycles. The molecule has 0 radical (unpaired) electrons. The Kier molecular flexibility index (Phi) is 5.12. The van der Waals surface area contributed by atoms with Crippen LogP contribution in [0.2, 0.25) is 5.02 Å². The molecule has 1 fully saturated rings. The van der Waals surface area contributed by atoms with Gasteiger partial charge in [-0.25, -0.2) is 9.29 Å². The molecule has 0 unspecified atom stereocenters. The molecule has 3 aromatic rings. The van der Waals surface area contributed by atoms with Crippen LogP contribution in [0, 0.1) is 0 Å². The van der Waals surface area contributed by atoms with Crippen LogP contribution < -0.4 is 4.90 Å². The normalized spacial score (nSPS) is 15.7. The minimum atomic E-state index is 0.117. The number of hydrogen-bond acceptors (Lipinski definition) is 4. The molecule has 4 rings (SSSR count). The summed E-state index contributed by atoms with van der Waals surface area (Å²) in [7, 11) is 0. The van der Waals surface area contributed by atoms with Gasteiger partial charge in [-0.3, -0.25) is 4.79 Å². The number of anilines is 1. The highest BCUT2D eigenvalue weighted by Crippen LogP contribution is 2.36. The van der Waals surface area contributed by atoms with Crippen molar-refractivity contribution < 1.29 is 4.79 Å². The third-order valence-corrected chi connectivity index (χ3v) is 6.23. The molecule has 3 heterocycles. The van der Waals surface area contributed by atoms with E-state index < -0.39 is 0 Å². The highest BCUT2D eigenvalue weighted by molar-refractivity contribution is 7.96. The largest absolute Gasteiger partial charge is 0.346 e. The summed E-state index contributed by atoms with van der Waals surface area (Å²) in [4.78, 5) is 22.1. The van der Waals surface area contributed by atoms with E-state index in [-0.39, 0.29) is 5.91 Å². The van der Waals surface area contributed by atoms with E-state index in [1.54, 1.807) is 18.1 Å². The number of rotatable bonds is 4. The minimum Gasteiger partial charge on any atom is -0.346 e. The van der Waals surface area contributed by atoms with Gasteiger partial charge in [0.2, 0.25) is 5.91 Å². The summed E-state index contributed by atoms with van der Waals surface area (Å²) in [5.74, 6) is 0.117. The van der Waals surface area contributed by atoms with Gasteiger partial charge in [0.1, 0.15) is 5.65 Å². The number of aromatic amines is 1. The Morgan fingerprint density at radius 3 is 2.93 bits per heavy atom. The van der Waals surface area contributed by atoms with Gasteiger partial charge in [0, 0.05) is 42.1 Å². The molecule has 5 nitrogen and oxygen atoms in total. The number of carbonyl (C=O) groups excluding carboxylic acids is 1. The molecular weight excluding hydrogens is 380 g/mol. The molecule has 0 bridgehead atoms. The number of H-pyrrole nitrogens is 1. The quantitative estimate of drug-likeness (QED) is 0.660. The first kappa shape index (κ1) is 18.3. The average Bonchev–Trinajstić information content (AvgIpc) is 3.12. The number of aromatic nitrogens is 2. The van der Waals surface area contributed by atoms with Gasteiger partial charge in [0.25, 0.3) is 0 Å². The molecule has 0 saturated carbocycles. The van der Waals surface area contributed by atoms with Gasteiger partial charge < -0.3 is 9.88 Å². The maximum absolute atomic E-state index is 12.5. The monoisotopic (exact) mass is 400 g/mol. The molecule has 140 valence electrons. The van der Waals surface area contributed by atoms with Gasteiger partial charge in [-0.15, -0.1) is 0 Å². The van der Waals surface area contributed by atoms with Crippen LogP contribution >= 0.6 is 23.5 Å². The zero-order valence-electron chi connectivity index (χ0n) is 15.3. The van der Waals surface area contributed by atoms with E-state index in [0.29, 0.717) is 18.1 Å². The van der Waals surface area contributed by atoms with Gasteiger partial charge in [-0.1, -0.05) is 42.6 Å². The summed E-state index contributed by atoms with van der Waals surface area (Å²) in [6, 6.07) is 7.99. The maximum atomic E-state index is 12.5. The lowest BCUT2D eigenvalue weighted by atomic mass is 10.0. The third-order valence-electron chi connectivity index (χ3n) is 5.01. The standard InChI is InChI=1S/C20H21ClN4OS/c1-3-13-10-22-20-18(13)19(21)16(11-23-20)14-5-4-6-15(9-14)25-8-7-24(27-2)12-17(25)26/h4-6,9-11H,3,7-8,12H2,1-2H3,(H,22,23). The summed E-state index contributed by atoms with van der Waals surface area (Å²) in [6.07, 6.45) is 6.65. The Morgan fingerprint density at radius 2 is 2.19 bits per heavy atom. The second kappa shape index (κ2) is 7.54. The van der Waals surface area contributed by atoms with Crippen LogP contribution in [0.25, 0.3) is 22.2 Å². The van der Waals surface area contributed by atoms with Crippen molar-refractivity contribution in [3.8, 4) is 11.1 Å². The van der Waals surface area contributed by atoms with E-state index in [9.17, 15) is 4.79 Å². The lowest BCUT2D eigenvalue weighted by Crippen LogP contribution is -2.47. The second-order valence-electron chi connectivity index (χ2n) is 6.52. The highest BCUT2D eigenvalue weighted by Gasteiger charge is 2.25. The van der Waals surface area contributed by atoms with Crippen LogP contribution in [-0.4, -0.2) is 46.1 Å². The molecule has 0 spiro atoms. The number of fused-ring (bicyclic) bond motifs is 1. The minimum absolute atomic E-state index is 0.117. The SMILES string of the molecule is CCc1c[nH]c2ncc(-c3cccc(N4CCN(SC)CC4=O)c3)c(Cl)c12. The first-order valence-corrected chi connectivity index (χ1v) is 10.5. The van der Waals surface area contributed by atoms with E-state index >= 15 is 0 Å². The van der Waals surface area contributed by atoms with Gasteiger partial charge in [-0.2, -0.15) is 0 Å². The number of nitrogens with one attached hydrogen (secondary N) is 1. The summed E-state index contributed by atoms with van der Waals surface area (Å²) < 4.78 is 2.08. The Labute approximate surface area is 167 Å². The number of piperazine rings is 1. The van der Waals surface area contributed by atoms with E-state index in [1.165, 1.54) is 0 Å². The number of halogens is 1. The van der Waals surface area contributed by atoms with Crippen LogP contribution in [0.1, 0.15) is 12.5 Å². The molecule has 1 aliphatic rings. The van der Waals surface area contributed by atoms with E-state index in [0.717, 1.165) is 46.4 Å². The Bertz CT molecular complexity index is 1000. The molecule has 1 aromatic carbocycles. The number of benzene rings is 1. The molecule has 1 N–H and O–H groups in total. The Morgan fingerprint density at radius 1 is 1.33 bits per heavy atom. The summed E-state index contributed by atoms with van der Waals surface area (Å²) in [5.41, 5.74) is 4.72. The van der Waals surface area contributed by atoms with Crippen LogP contribution in [-0.2, 0) is 11.2 Å². The predicted octanol–water partition coefficient (Wildman–Crippen LogP) is 4.37. The van der Waals surface area contributed by atoms with Crippen molar-refractivity contribution >= 4 is 46.2 Å². The fourth-order valence-corrected chi connectivity index (χ4v) is 4.39. The number of carbonyl (C=O) groups is 1. The zero-order chi connectivity index (χ0) is 19.0. The van der Waals surface area contributed by atoms with Gasteiger partial charge >= 0.3 is 0 Å². The fourth-order valence-electron chi connectivity index (χ4n) is 3.52. The van der Waals surface area contributed by atoms with Crippen LogP contribution in [0.3, 0.4) is 0 Å². The maximum Gasteiger partial charge on any atom is 0.242 e. The molecule has 1 amide bonds. The average molecular weight is 401 g/mol. The Hall–Kier alpha value is -2.02. The van der Waals surface area contributed by atoms with E-state index in [2.05, 4.69) is 21.2 Å². The zero-order valence-corrected chi connectivity index (χ0v) is 16.9. The van der Waals surface area contributed by atoms with Crippen molar-refractivity contribution in [3.05, 3.63) is 47.2 Å². The van der Waals surface area contributed by atoms with Crippen molar-refractivity contribution in [3.63, 3.8) is 0 Å². The molecule has 27 heavy (non-hydrogen) atoms. The van der Waals surface area contributed by atoms with E-state index in [1.807, 2.05) is 41.6 Å². The second-order valence-corrected chi connectivity index (χ2v) is 7.78.